The molecule has 1 N–H and O–H groups in total. The van der Waals surface area contributed by atoms with Gasteiger partial charge in [-0.05, 0) is 24.1 Å². The van der Waals surface area contributed by atoms with E-state index < -0.39 is 0 Å². The van der Waals surface area contributed by atoms with Crippen molar-refractivity contribution >= 4 is 0 Å². The molecule has 0 unspecified atom stereocenters. The Balaban J connectivity index is 2.10. The third-order valence-corrected chi connectivity index (χ3v) is 3.14. The van der Waals surface area contributed by atoms with Crippen molar-refractivity contribution in [2.45, 2.75) is 12.5 Å². The minimum Gasteiger partial charge on any atom is -0.385 e. The zero-order valence-electron chi connectivity index (χ0n) is 11.4. The smallest absolute Gasteiger partial charge is 0.0576 e. The average Bonchev–Trinajstić information content (AvgIpc) is 2.49. The summed E-state index contributed by atoms with van der Waals surface area (Å²) in [6.45, 7) is 1.74. The Kier molecular flexibility index (Phi) is 5.60. The van der Waals surface area contributed by atoms with Crippen molar-refractivity contribution in [1.82, 2.24) is 5.32 Å². The second-order valence-electron chi connectivity index (χ2n) is 4.55. The van der Waals surface area contributed by atoms with Crippen LogP contribution in [0.15, 0.2) is 60.7 Å². The number of nitrogens with one attached hydrogen (secondary N) is 1. The summed E-state index contributed by atoms with van der Waals surface area (Å²) in [5, 5.41) is 3.61. The molecule has 0 aliphatic heterocycles. The van der Waals surface area contributed by atoms with Crippen LogP contribution >= 0.6 is 0 Å². The Bertz CT molecular complexity index is 416. The van der Waals surface area contributed by atoms with Crippen LogP contribution in [0.25, 0.3) is 0 Å². The largest absolute Gasteiger partial charge is 0.385 e. The van der Waals surface area contributed by atoms with E-state index in [9.17, 15) is 0 Å². The molecule has 0 aromatic heterocycles. The molecule has 0 fully saturated rings. The molecule has 0 aliphatic carbocycles. The summed E-state index contributed by atoms with van der Waals surface area (Å²) in [5.74, 6) is 0. The maximum Gasteiger partial charge on any atom is 0.0576 e. The van der Waals surface area contributed by atoms with Crippen molar-refractivity contribution in [3.05, 3.63) is 71.8 Å². The first kappa shape index (κ1) is 13.8. The molecule has 2 nitrogen and oxygen atoms in total. The van der Waals surface area contributed by atoms with E-state index in [1.165, 1.54) is 11.1 Å². The zero-order valence-corrected chi connectivity index (χ0v) is 11.4. The van der Waals surface area contributed by atoms with E-state index in [0.29, 0.717) is 0 Å². The van der Waals surface area contributed by atoms with Gasteiger partial charge in [0.15, 0.2) is 0 Å². The summed E-state index contributed by atoms with van der Waals surface area (Å²) in [6, 6.07) is 21.4. The van der Waals surface area contributed by atoms with Gasteiger partial charge < -0.3 is 10.1 Å². The van der Waals surface area contributed by atoms with Crippen molar-refractivity contribution in [2.75, 3.05) is 20.3 Å². The lowest BCUT2D eigenvalue weighted by molar-refractivity contribution is 0.193. The van der Waals surface area contributed by atoms with E-state index in [1.807, 2.05) is 0 Å². The van der Waals surface area contributed by atoms with E-state index in [4.69, 9.17) is 4.74 Å². The first-order chi connectivity index (χ1) is 9.42. The predicted octanol–water partition coefficient (Wildman–Crippen LogP) is 3.40. The summed E-state index contributed by atoms with van der Waals surface area (Å²) >= 11 is 0. The number of benzene rings is 2. The molecule has 0 aliphatic rings. The van der Waals surface area contributed by atoms with Crippen molar-refractivity contribution in [2.24, 2.45) is 0 Å². The van der Waals surface area contributed by atoms with Gasteiger partial charge in [0.25, 0.3) is 0 Å². The van der Waals surface area contributed by atoms with Crippen molar-refractivity contribution in [3.8, 4) is 0 Å². The average molecular weight is 255 g/mol. The van der Waals surface area contributed by atoms with Gasteiger partial charge in [0.05, 0.1) is 6.04 Å². The minimum atomic E-state index is 0.249. The molecule has 0 saturated heterocycles. The summed E-state index contributed by atoms with van der Waals surface area (Å²) in [4.78, 5) is 0. The monoisotopic (exact) mass is 255 g/mol. The lowest BCUT2D eigenvalue weighted by Crippen LogP contribution is -2.24. The van der Waals surface area contributed by atoms with E-state index in [1.54, 1.807) is 7.11 Å². The number of hydrogen-bond acceptors (Lipinski definition) is 2. The standard InChI is InChI=1S/C17H21NO/c1-19-14-8-13-18-17(15-9-4-2-5-10-15)16-11-6-3-7-12-16/h2-7,9-12,17-18H,8,13-14H2,1H3. The zero-order chi connectivity index (χ0) is 13.3. The third-order valence-electron chi connectivity index (χ3n) is 3.14. The second kappa shape index (κ2) is 7.72. The van der Waals surface area contributed by atoms with Crippen LogP contribution in [0.1, 0.15) is 23.6 Å². The first-order valence-corrected chi connectivity index (χ1v) is 6.74. The molecule has 0 atom stereocenters. The van der Waals surface area contributed by atoms with Crippen LogP contribution in [0, 0.1) is 0 Å². The van der Waals surface area contributed by atoms with Crippen LogP contribution in [-0.2, 0) is 4.74 Å². The molecule has 19 heavy (non-hydrogen) atoms. The molecule has 2 heteroatoms. The van der Waals surface area contributed by atoms with Crippen LogP contribution in [0.2, 0.25) is 0 Å². The van der Waals surface area contributed by atoms with E-state index >= 15 is 0 Å². The maximum absolute atomic E-state index is 5.10. The molecular formula is C17H21NO. The van der Waals surface area contributed by atoms with Gasteiger partial charge in [-0.15, -0.1) is 0 Å². The van der Waals surface area contributed by atoms with Crippen molar-refractivity contribution < 1.29 is 4.74 Å². The highest BCUT2D eigenvalue weighted by Crippen LogP contribution is 2.21. The van der Waals surface area contributed by atoms with E-state index in [0.717, 1.165) is 19.6 Å². The summed E-state index contributed by atoms with van der Waals surface area (Å²) in [5.41, 5.74) is 2.59. The fraction of sp³-hybridized carbons (Fsp3) is 0.294. The predicted molar refractivity (Wildman–Crippen MR) is 79.2 cm³/mol. The number of hydrogen-bond donors (Lipinski definition) is 1. The van der Waals surface area contributed by atoms with Gasteiger partial charge in [-0.1, -0.05) is 60.7 Å². The molecule has 2 rings (SSSR count). The summed E-state index contributed by atoms with van der Waals surface area (Å²) < 4.78 is 5.10. The first-order valence-electron chi connectivity index (χ1n) is 6.74. The Labute approximate surface area is 115 Å². The number of ether oxygens (including phenoxy) is 1. The van der Waals surface area contributed by atoms with Gasteiger partial charge in [0.1, 0.15) is 0 Å². The van der Waals surface area contributed by atoms with Crippen LogP contribution in [-0.4, -0.2) is 20.3 Å². The molecular weight excluding hydrogens is 234 g/mol. The molecule has 0 heterocycles. The summed E-state index contributed by atoms with van der Waals surface area (Å²) in [6.07, 6.45) is 1.02. The number of rotatable bonds is 7. The van der Waals surface area contributed by atoms with E-state index in [-0.39, 0.29) is 6.04 Å². The Morgan fingerprint density at radius 1 is 0.895 bits per heavy atom. The van der Waals surface area contributed by atoms with Crippen molar-refractivity contribution in [3.63, 3.8) is 0 Å². The SMILES string of the molecule is COCCCNC(c1ccccc1)c1ccccc1. The summed E-state index contributed by atoms with van der Waals surface area (Å²) in [7, 11) is 1.74. The van der Waals surface area contributed by atoms with Crippen LogP contribution in [0.3, 0.4) is 0 Å². The van der Waals surface area contributed by atoms with E-state index in [2.05, 4.69) is 66.0 Å². The molecule has 2 aromatic rings. The topological polar surface area (TPSA) is 21.3 Å². The molecule has 0 bridgehead atoms. The molecule has 0 amide bonds. The maximum atomic E-state index is 5.10. The third kappa shape index (κ3) is 4.19. The molecule has 0 spiro atoms. The fourth-order valence-electron chi connectivity index (χ4n) is 2.18. The molecule has 0 radical (unpaired) electrons. The van der Waals surface area contributed by atoms with Gasteiger partial charge in [-0.3, -0.25) is 0 Å². The highest BCUT2D eigenvalue weighted by atomic mass is 16.5. The lowest BCUT2D eigenvalue weighted by Gasteiger charge is -2.19. The molecule has 2 aromatic carbocycles. The number of methoxy groups -OCH3 is 1. The van der Waals surface area contributed by atoms with Gasteiger partial charge in [0.2, 0.25) is 0 Å². The molecule has 0 saturated carbocycles. The Morgan fingerprint density at radius 2 is 1.42 bits per heavy atom. The highest BCUT2D eigenvalue weighted by Gasteiger charge is 2.12. The van der Waals surface area contributed by atoms with Crippen LogP contribution < -0.4 is 5.32 Å². The fourth-order valence-corrected chi connectivity index (χ4v) is 2.18. The molecule has 100 valence electrons. The van der Waals surface area contributed by atoms with Crippen LogP contribution in [0.4, 0.5) is 0 Å². The van der Waals surface area contributed by atoms with Gasteiger partial charge in [-0.2, -0.15) is 0 Å². The van der Waals surface area contributed by atoms with Gasteiger partial charge in [0, 0.05) is 13.7 Å². The Hall–Kier alpha value is -1.64. The quantitative estimate of drug-likeness (QED) is 0.766. The van der Waals surface area contributed by atoms with Gasteiger partial charge >= 0.3 is 0 Å². The van der Waals surface area contributed by atoms with Crippen molar-refractivity contribution in [1.29, 1.82) is 0 Å². The normalized spacial score (nSPS) is 10.8. The lowest BCUT2D eigenvalue weighted by atomic mass is 9.99. The minimum absolute atomic E-state index is 0.249. The van der Waals surface area contributed by atoms with Gasteiger partial charge in [-0.25, -0.2) is 0 Å². The highest BCUT2D eigenvalue weighted by molar-refractivity contribution is 5.31. The second-order valence-corrected chi connectivity index (χ2v) is 4.55. The Morgan fingerprint density at radius 3 is 1.89 bits per heavy atom. The van der Waals surface area contributed by atoms with Crippen LogP contribution in [0.5, 0.6) is 0 Å².